The Kier molecular flexibility index (Phi) is 4.41. The van der Waals surface area contributed by atoms with Crippen molar-refractivity contribution in [2.75, 3.05) is 26.2 Å². The molecule has 0 spiro atoms. The average Bonchev–Trinajstić information content (AvgIpc) is 3.08. The van der Waals surface area contributed by atoms with E-state index in [1.165, 1.54) is 16.8 Å². The van der Waals surface area contributed by atoms with Gasteiger partial charge in [0, 0.05) is 45.5 Å². The second-order valence-electron chi connectivity index (χ2n) is 5.75. The maximum Gasteiger partial charge on any atom is 0.276 e. The summed E-state index contributed by atoms with van der Waals surface area (Å²) in [6.45, 7) is 3.06. The van der Waals surface area contributed by atoms with E-state index in [4.69, 9.17) is 4.52 Å². The van der Waals surface area contributed by atoms with Crippen molar-refractivity contribution in [2.45, 2.75) is 18.4 Å². The zero-order valence-electron chi connectivity index (χ0n) is 13.5. The first-order chi connectivity index (χ1) is 11.4. The summed E-state index contributed by atoms with van der Waals surface area (Å²) >= 11 is 0. The van der Waals surface area contributed by atoms with E-state index in [-0.39, 0.29) is 23.2 Å². The first-order valence-corrected chi connectivity index (χ1v) is 9.02. The zero-order valence-corrected chi connectivity index (χ0v) is 14.4. The van der Waals surface area contributed by atoms with Crippen molar-refractivity contribution in [1.29, 1.82) is 0 Å². The first-order valence-electron chi connectivity index (χ1n) is 7.58. The molecule has 2 aromatic heterocycles. The maximum atomic E-state index is 12.6. The van der Waals surface area contributed by atoms with Crippen LogP contribution in [-0.4, -0.2) is 64.4 Å². The van der Waals surface area contributed by atoms with Gasteiger partial charge in [0.1, 0.15) is 5.76 Å². The number of sulfonamides is 1. The van der Waals surface area contributed by atoms with E-state index < -0.39 is 10.0 Å². The number of carbonyl (C=O) groups is 1. The molecule has 0 aromatic carbocycles. The molecule has 1 amide bonds. The first kappa shape index (κ1) is 16.7. The molecule has 9 nitrogen and oxygen atoms in total. The fraction of sp³-hybridized carbons (Fsp3) is 0.500. The van der Waals surface area contributed by atoms with Gasteiger partial charge in [-0.2, -0.15) is 4.31 Å². The van der Waals surface area contributed by atoms with Gasteiger partial charge in [0.25, 0.3) is 15.9 Å². The van der Waals surface area contributed by atoms with Crippen LogP contribution >= 0.6 is 0 Å². The number of hydrogen-bond acceptors (Lipinski definition) is 6. The smallest absolute Gasteiger partial charge is 0.276 e. The summed E-state index contributed by atoms with van der Waals surface area (Å²) in [5.41, 5.74) is 0.244. The summed E-state index contributed by atoms with van der Waals surface area (Å²) in [5.74, 6) is 0.316. The Balaban J connectivity index is 1.72. The van der Waals surface area contributed by atoms with Gasteiger partial charge in [-0.1, -0.05) is 5.16 Å². The van der Waals surface area contributed by atoms with Crippen LogP contribution in [0, 0.1) is 6.92 Å². The van der Waals surface area contributed by atoms with Gasteiger partial charge in [-0.15, -0.1) is 0 Å². The molecule has 0 N–H and O–H groups in total. The number of amides is 1. The van der Waals surface area contributed by atoms with Gasteiger partial charge < -0.3 is 14.0 Å². The van der Waals surface area contributed by atoms with Crippen molar-refractivity contribution in [3.63, 3.8) is 0 Å². The quantitative estimate of drug-likeness (QED) is 0.784. The molecule has 1 fully saturated rings. The SMILES string of the molecule is Cc1cc(C(=O)N2CCCN(S(=O)(=O)c3cn(C)cn3)CC2)no1. The summed E-state index contributed by atoms with van der Waals surface area (Å²) < 4.78 is 33.1. The van der Waals surface area contributed by atoms with Crippen LogP contribution in [0.5, 0.6) is 0 Å². The molecular formula is C14H19N5O4S. The topological polar surface area (TPSA) is 102 Å². The number of rotatable bonds is 3. The highest BCUT2D eigenvalue weighted by Crippen LogP contribution is 2.17. The molecule has 1 aliphatic heterocycles. The van der Waals surface area contributed by atoms with E-state index in [1.54, 1.807) is 29.5 Å². The molecule has 0 bridgehead atoms. The number of hydrogen-bond donors (Lipinski definition) is 0. The monoisotopic (exact) mass is 353 g/mol. The highest BCUT2D eigenvalue weighted by molar-refractivity contribution is 7.89. The van der Waals surface area contributed by atoms with Crippen molar-refractivity contribution in [1.82, 2.24) is 23.9 Å². The number of aromatic nitrogens is 3. The molecule has 0 radical (unpaired) electrons. The van der Waals surface area contributed by atoms with Crippen LogP contribution in [0.25, 0.3) is 0 Å². The second kappa shape index (κ2) is 6.36. The molecule has 2 aromatic rings. The van der Waals surface area contributed by atoms with Crippen molar-refractivity contribution < 1.29 is 17.7 Å². The van der Waals surface area contributed by atoms with Crippen LogP contribution in [0.15, 0.2) is 28.1 Å². The molecule has 1 saturated heterocycles. The minimum absolute atomic E-state index is 0.0249. The van der Waals surface area contributed by atoms with E-state index >= 15 is 0 Å². The van der Waals surface area contributed by atoms with Crippen molar-refractivity contribution in [3.8, 4) is 0 Å². The summed E-state index contributed by atoms with van der Waals surface area (Å²) in [6, 6.07) is 1.58. The van der Waals surface area contributed by atoms with E-state index in [0.717, 1.165) is 0 Å². The summed E-state index contributed by atoms with van der Waals surface area (Å²) in [7, 11) is -1.93. The van der Waals surface area contributed by atoms with Crippen molar-refractivity contribution in [3.05, 3.63) is 30.0 Å². The molecule has 1 aliphatic rings. The number of carbonyl (C=O) groups excluding carboxylic acids is 1. The average molecular weight is 353 g/mol. The Morgan fingerprint density at radius 1 is 1.25 bits per heavy atom. The predicted octanol–water partition coefficient (Wildman–Crippen LogP) is 0.253. The molecule has 24 heavy (non-hydrogen) atoms. The highest BCUT2D eigenvalue weighted by Gasteiger charge is 2.30. The Morgan fingerprint density at radius 3 is 2.67 bits per heavy atom. The largest absolute Gasteiger partial charge is 0.361 e. The minimum atomic E-state index is -3.64. The van der Waals surface area contributed by atoms with Gasteiger partial charge in [0.05, 0.1) is 6.33 Å². The van der Waals surface area contributed by atoms with Crippen LogP contribution in [0.3, 0.4) is 0 Å². The Hall–Kier alpha value is -2.20. The fourth-order valence-electron chi connectivity index (χ4n) is 2.62. The Labute approximate surface area is 139 Å². The normalized spacial score (nSPS) is 17.0. The molecule has 130 valence electrons. The lowest BCUT2D eigenvalue weighted by Gasteiger charge is -2.20. The second-order valence-corrected chi connectivity index (χ2v) is 7.63. The van der Waals surface area contributed by atoms with Crippen LogP contribution in [-0.2, 0) is 17.1 Å². The Morgan fingerprint density at radius 2 is 2.04 bits per heavy atom. The highest BCUT2D eigenvalue weighted by atomic mass is 32.2. The molecule has 0 aliphatic carbocycles. The molecular weight excluding hydrogens is 334 g/mol. The van der Waals surface area contributed by atoms with Crippen LogP contribution in [0.1, 0.15) is 22.7 Å². The van der Waals surface area contributed by atoms with E-state index in [0.29, 0.717) is 31.8 Å². The minimum Gasteiger partial charge on any atom is -0.361 e. The lowest BCUT2D eigenvalue weighted by atomic mass is 10.3. The molecule has 0 saturated carbocycles. The number of aryl methyl sites for hydroxylation is 2. The van der Waals surface area contributed by atoms with Gasteiger partial charge in [0.2, 0.25) is 0 Å². The molecule has 10 heteroatoms. The fourth-order valence-corrected chi connectivity index (χ4v) is 4.06. The summed E-state index contributed by atoms with van der Waals surface area (Å²) in [6.07, 6.45) is 3.48. The van der Waals surface area contributed by atoms with Crippen molar-refractivity contribution >= 4 is 15.9 Å². The van der Waals surface area contributed by atoms with Gasteiger partial charge in [-0.25, -0.2) is 13.4 Å². The third kappa shape index (κ3) is 3.20. The number of imidazole rings is 1. The van der Waals surface area contributed by atoms with Crippen molar-refractivity contribution in [2.24, 2.45) is 7.05 Å². The molecule has 0 atom stereocenters. The maximum absolute atomic E-state index is 12.6. The van der Waals surface area contributed by atoms with E-state index in [2.05, 4.69) is 10.1 Å². The van der Waals surface area contributed by atoms with Gasteiger partial charge in [0.15, 0.2) is 10.7 Å². The molecule has 3 heterocycles. The van der Waals surface area contributed by atoms with Crippen LogP contribution < -0.4 is 0 Å². The molecule has 3 rings (SSSR count). The third-order valence-corrected chi connectivity index (χ3v) is 5.66. The third-order valence-electron chi connectivity index (χ3n) is 3.87. The number of nitrogens with zero attached hydrogens (tertiary/aromatic N) is 5. The lowest BCUT2D eigenvalue weighted by Crippen LogP contribution is -2.37. The lowest BCUT2D eigenvalue weighted by molar-refractivity contribution is 0.0754. The molecule has 0 unspecified atom stereocenters. The predicted molar refractivity (Wildman–Crippen MR) is 83.7 cm³/mol. The zero-order chi connectivity index (χ0) is 17.3. The summed E-state index contributed by atoms with van der Waals surface area (Å²) in [5, 5.41) is 3.75. The summed E-state index contributed by atoms with van der Waals surface area (Å²) in [4.78, 5) is 17.9. The van der Waals surface area contributed by atoms with E-state index in [9.17, 15) is 13.2 Å². The van der Waals surface area contributed by atoms with Gasteiger partial charge >= 0.3 is 0 Å². The van der Waals surface area contributed by atoms with Crippen LogP contribution in [0.2, 0.25) is 0 Å². The van der Waals surface area contributed by atoms with E-state index in [1.807, 2.05) is 0 Å². The van der Waals surface area contributed by atoms with Gasteiger partial charge in [-0.3, -0.25) is 4.79 Å². The van der Waals surface area contributed by atoms with Gasteiger partial charge in [-0.05, 0) is 13.3 Å². The standard InChI is InChI=1S/C14H19N5O4S/c1-11-8-12(16-23-11)14(20)18-4-3-5-19(7-6-18)24(21,22)13-9-17(2)10-15-13/h8-10H,3-7H2,1-2H3. The van der Waals surface area contributed by atoms with Crippen LogP contribution in [0.4, 0.5) is 0 Å². The Bertz CT molecular complexity index is 841.